The van der Waals surface area contributed by atoms with Crippen LogP contribution in [0.25, 0.3) is 0 Å². The van der Waals surface area contributed by atoms with E-state index in [1.165, 1.54) is 51.4 Å². The highest BCUT2D eigenvalue weighted by Gasteiger charge is 2.43. The molecule has 1 fully saturated rings. The second-order valence-corrected chi connectivity index (χ2v) is 6.80. The summed E-state index contributed by atoms with van der Waals surface area (Å²) in [6, 6.07) is 0. The minimum atomic E-state index is -1.29. The van der Waals surface area contributed by atoms with Gasteiger partial charge in [0.2, 0.25) is 0 Å². The molecule has 144 valence electrons. The summed E-state index contributed by atoms with van der Waals surface area (Å²) in [4.78, 5) is 0. The van der Waals surface area contributed by atoms with Crippen molar-refractivity contribution in [1.29, 1.82) is 0 Å². The number of rotatable bonds is 13. The summed E-state index contributed by atoms with van der Waals surface area (Å²) < 4.78 is 10.9. The van der Waals surface area contributed by atoms with E-state index in [4.69, 9.17) is 15.2 Å². The van der Waals surface area contributed by atoms with Crippen LogP contribution in [0.5, 0.6) is 0 Å². The molecule has 0 aromatic heterocycles. The van der Waals surface area contributed by atoms with Gasteiger partial charge in [0.1, 0.15) is 24.4 Å². The van der Waals surface area contributed by atoms with Crippen LogP contribution in [-0.2, 0) is 9.47 Å². The van der Waals surface area contributed by atoms with Gasteiger partial charge in [-0.1, -0.05) is 64.7 Å². The van der Waals surface area contributed by atoms with Crippen molar-refractivity contribution in [2.45, 2.75) is 102 Å². The number of ether oxygens (including phenoxy) is 2. The molecule has 0 radical (unpaired) electrons. The first-order valence-electron chi connectivity index (χ1n) is 9.63. The van der Waals surface area contributed by atoms with E-state index in [-0.39, 0.29) is 6.54 Å². The molecule has 1 saturated heterocycles. The first-order chi connectivity index (χ1) is 11.6. The molecule has 1 rings (SSSR count). The molecule has 0 aromatic rings. The first-order valence-corrected chi connectivity index (χ1v) is 9.63. The summed E-state index contributed by atoms with van der Waals surface area (Å²) in [6.07, 6.45) is 7.09. The molecule has 0 unspecified atom stereocenters. The predicted octanol–water partition coefficient (Wildman–Crippen LogP) is 1.69. The highest BCUT2D eigenvalue weighted by molar-refractivity contribution is 4.89. The van der Waals surface area contributed by atoms with Gasteiger partial charge in [-0.2, -0.15) is 0 Å². The Morgan fingerprint density at radius 3 is 1.88 bits per heavy atom. The fourth-order valence-corrected chi connectivity index (χ4v) is 3.04. The van der Waals surface area contributed by atoms with Gasteiger partial charge in [-0.25, -0.2) is 0 Å². The van der Waals surface area contributed by atoms with Crippen molar-refractivity contribution >= 4 is 0 Å². The summed E-state index contributed by atoms with van der Waals surface area (Å²) in [5.74, 6) is 0. The third kappa shape index (κ3) is 7.76. The maximum absolute atomic E-state index is 9.88. The van der Waals surface area contributed by atoms with Gasteiger partial charge >= 0.3 is 0 Å². The van der Waals surface area contributed by atoms with Crippen LogP contribution in [0.4, 0.5) is 0 Å². The van der Waals surface area contributed by atoms with Gasteiger partial charge in [0.25, 0.3) is 0 Å². The monoisotopic (exact) mass is 347 g/mol. The topological polar surface area (TPSA) is 105 Å². The molecule has 6 nitrogen and oxygen atoms in total. The van der Waals surface area contributed by atoms with E-state index in [9.17, 15) is 15.3 Å². The molecule has 24 heavy (non-hydrogen) atoms. The largest absolute Gasteiger partial charge is 0.388 e. The number of unbranched alkanes of at least 4 members (excludes halogenated alkanes) is 9. The molecule has 1 heterocycles. The van der Waals surface area contributed by atoms with Gasteiger partial charge in [-0.15, -0.1) is 0 Å². The minimum absolute atomic E-state index is 0.0725. The van der Waals surface area contributed by atoms with Gasteiger partial charge in [0, 0.05) is 13.2 Å². The summed E-state index contributed by atoms with van der Waals surface area (Å²) in [6.45, 7) is 2.78. The first kappa shape index (κ1) is 21.8. The van der Waals surface area contributed by atoms with E-state index in [0.717, 1.165) is 12.8 Å². The zero-order valence-corrected chi connectivity index (χ0v) is 15.1. The van der Waals surface area contributed by atoms with Crippen LogP contribution >= 0.6 is 0 Å². The fourth-order valence-electron chi connectivity index (χ4n) is 3.04. The van der Waals surface area contributed by atoms with Gasteiger partial charge in [0.05, 0.1) is 0 Å². The number of hydrogen-bond acceptors (Lipinski definition) is 6. The Bertz CT molecular complexity index is 303. The molecule has 1 aliphatic rings. The summed E-state index contributed by atoms with van der Waals surface area (Å²) >= 11 is 0. The smallest absolute Gasteiger partial charge is 0.186 e. The van der Waals surface area contributed by atoms with Gasteiger partial charge < -0.3 is 30.5 Å². The third-order valence-electron chi connectivity index (χ3n) is 4.68. The lowest BCUT2D eigenvalue weighted by Crippen LogP contribution is -2.60. The molecular weight excluding hydrogens is 310 g/mol. The molecule has 1 aliphatic heterocycles. The number of hydrogen-bond donors (Lipinski definition) is 4. The van der Waals surface area contributed by atoms with Gasteiger partial charge in [0.15, 0.2) is 6.29 Å². The molecule has 0 bridgehead atoms. The molecular formula is C18H37NO5. The molecule has 0 amide bonds. The average molecular weight is 347 g/mol. The van der Waals surface area contributed by atoms with E-state index in [2.05, 4.69) is 6.92 Å². The SMILES string of the molecule is CCCCCCCCCCCCO[C@H]1O[C@H](CN)[C@@H](O)[C@H](O)[C@H]1O. The molecule has 0 saturated carbocycles. The second kappa shape index (κ2) is 13.0. The quantitative estimate of drug-likeness (QED) is 0.378. The summed E-state index contributed by atoms with van der Waals surface area (Å²) in [5, 5.41) is 29.4. The van der Waals surface area contributed by atoms with Crippen molar-refractivity contribution in [1.82, 2.24) is 0 Å². The lowest BCUT2D eigenvalue weighted by molar-refractivity contribution is -0.294. The van der Waals surface area contributed by atoms with Crippen LogP contribution in [0.2, 0.25) is 0 Å². The Balaban J connectivity index is 2.02. The number of aliphatic hydroxyl groups excluding tert-OH is 3. The maximum Gasteiger partial charge on any atom is 0.186 e. The van der Waals surface area contributed by atoms with Crippen LogP contribution in [0.3, 0.4) is 0 Å². The van der Waals surface area contributed by atoms with Crippen LogP contribution in [-0.4, -0.2) is 59.2 Å². The summed E-state index contributed by atoms with van der Waals surface area (Å²) in [7, 11) is 0. The van der Waals surface area contributed by atoms with Crippen LogP contribution in [0, 0.1) is 0 Å². The van der Waals surface area contributed by atoms with Crippen molar-refractivity contribution in [3.8, 4) is 0 Å². The minimum Gasteiger partial charge on any atom is -0.388 e. The van der Waals surface area contributed by atoms with E-state index in [0.29, 0.717) is 6.61 Å². The van der Waals surface area contributed by atoms with Gasteiger partial charge in [-0.05, 0) is 6.42 Å². The highest BCUT2D eigenvalue weighted by atomic mass is 16.7. The third-order valence-corrected chi connectivity index (χ3v) is 4.68. The molecule has 5 atom stereocenters. The zero-order valence-electron chi connectivity index (χ0n) is 15.1. The Kier molecular flexibility index (Phi) is 11.8. The molecule has 0 spiro atoms. The zero-order chi connectivity index (χ0) is 17.8. The van der Waals surface area contributed by atoms with Crippen molar-refractivity contribution in [3.63, 3.8) is 0 Å². The van der Waals surface area contributed by atoms with Crippen molar-refractivity contribution in [3.05, 3.63) is 0 Å². The van der Waals surface area contributed by atoms with E-state index >= 15 is 0 Å². The maximum atomic E-state index is 9.88. The van der Waals surface area contributed by atoms with E-state index < -0.39 is 30.7 Å². The Morgan fingerprint density at radius 1 is 0.792 bits per heavy atom. The molecule has 6 heteroatoms. The van der Waals surface area contributed by atoms with E-state index in [1.807, 2.05) is 0 Å². The van der Waals surface area contributed by atoms with Crippen LogP contribution in [0.1, 0.15) is 71.1 Å². The molecule has 0 aromatic carbocycles. The highest BCUT2D eigenvalue weighted by Crippen LogP contribution is 2.22. The second-order valence-electron chi connectivity index (χ2n) is 6.80. The van der Waals surface area contributed by atoms with E-state index in [1.54, 1.807) is 0 Å². The lowest BCUT2D eigenvalue weighted by Gasteiger charge is -2.39. The Hall–Kier alpha value is -0.240. The standard InChI is InChI=1S/C18H37NO5/c1-2-3-4-5-6-7-8-9-10-11-12-23-18-17(22)16(21)15(20)14(13-19)24-18/h14-18,20-22H,2-13,19H2,1H3/t14-,15-,16+,17-,18+/m1/s1. The average Bonchev–Trinajstić information content (AvgIpc) is 2.59. The number of aliphatic hydroxyl groups is 3. The van der Waals surface area contributed by atoms with Crippen molar-refractivity contribution in [2.24, 2.45) is 5.73 Å². The van der Waals surface area contributed by atoms with Crippen molar-refractivity contribution < 1.29 is 24.8 Å². The number of nitrogens with two attached hydrogens (primary N) is 1. The normalized spacial score (nSPS) is 30.6. The lowest BCUT2D eigenvalue weighted by atomic mass is 9.99. The Morgan fingerprint density at radius 2 is 1.33 bits per heavy atom. The Labute approximate surface area is 146 Å². The van der Waals surface area contributed by atoms with Crippen molar-refractivity contribution in [2.75, 3.05) is 13.2 Å². The molecule has 5 N–H and O–H groups in total. The van der Waals surface area contributed by atoms with Crippen LogP contribution < -0.4 is 5.73 Å². The fraction of sp³-hybridized carbons (Fsp3) is 1.00. The van der Waals surface area contributed by atoms with Crippen LogP contribution in [0.15, 0.2) is 0 Å². The van der Waals surface area contributed by atoms with Gasteiger partial charge in [-0.3, -0.25) is 0 Å². The predicted molar refractivity (Wildman–Crippen MR) is 93.5 cm³/mol. The summed E-state index contributed by atoms with van der Waals surface area (Å²) in [5.41, 5.74) is 5.49. The molecule has 0 aliphatic carbocycles.